The maximum atomic E-state index is 12.3. The molecule has 2 nitrogen and oxygen atoms in total. The molecule has 0 aromatic heterocycles. The summed E-state index contributed by atoms with van der Waals surface area (Å²) in [6, 6.07) is 0. The van der Waals surface area contributed by atoms with Crippen molar-refractivity contribution in [2.75, 3.05) is 7.11 Å². The Morgan fingerprint density at radius 2 is 1.73 bits per heavy atom. The zero-order valence-electron chi connectivity index (χ0n) is 5.21. The fourth-order valence-electron chi connectivity index (χ4n) is 0.244. The van der Waals surface area contributed by atoms with Gasteiger partial charge in [-0.3, -0.25) is 0 Å². The highest BCUT2D eigenvalue weighted by molar-refractivity contribution is 9.10. The fraction of sp³-hybridized carbons (Fsp3) is 0.750. The number of hydrogen-bond acceptors (Lipinski definition) is 2. The van der Waals surface area contributed by atoms with Crippen LogP contribution in [0, 0.1) is 0 Å². The van der Waals surface area contributed by atoms with Gasteiger partial charge in [0.1, 0.15) is 0 Å². The van der Waals surface area contributed by atoms with Crippen molar-refractivity contribution >= 4 is 21.9 Å². The molecule has 0 amide bonds. The summed E-state index contributed by atoms with van der Waals surface area (Å²) in [5, 5.41) is 0. The summed E-state index contributed by atoms with van der Waals surface area (Å²) in [5.41, 5.74) is 0. The van der Waals surface area contributed by atoms with Gasteiger partial charge in [0.05, 0.1) is 7.11 Å². The number of halogens is 5. The number of methoxy groups -OCH3 is 1. The van der Waals surface area contributed by atoms with Crippen LogP contribution in [0.2, 0.25) is 0 Å². The van der Waals surface area contributed by atoms with E-state index in [9.17, 15) is 22.4 Å². The highest BCUT2D eigenvalue weighted by Crippen LogP contribution is 2.39. The number of esters is 1. The van der Waals surface area contributed by atoms with Gasteiger partial charge >= 0.3 is 16.7 Å². The molecule has 0 spiro atoms. The standard InChI is InChI=1S/C4H3BrF4O2/c1-11-2(10)3(5,6)4(7,8)9/h1H3. The predicted molar refractivity (Wildman–Crippen MR) is 30.8 cm³/mol. The van der Waals surface area contributed by atoms with E-state index in [1.165, 1.54) is 0 Å². The van der Waals surface area contributed by atoms with Gasteiger partial charge in [-0.1, -0.05) is 0 Å². The molecule has 1 atom stereocenters. The van der Waals surface area contributed by atoms with Crippen LogP contribution in [0.25, 0.3) is 0 Å². The average molecular weight is 239 g/mol. The molecule has 11 heavy (non-hydrogen) atoms. The molecule has 0 saturated carbocycles. The molecule has 0 rings (SSSR count). The van der Waals surface area contributed by atoms with E-state index in [0.29, 0.717) is 7.11 Å². The summed E-state index contributed by atoms with van der Waals surface area (Å²) in [7, 11) is 0.656. The lowest BCUT2D eigenvalue weighted by Gasteiger charge is -2.17. The van der Waals surface area contributed by atoms with Crippen LogP contribution in [-0.4, -0.2) is 23.8 Å². The van der Waals surface area contributed by atoms with E-state index < -0.39 is 16.7 Å². The third kappa shape index (κ3) is 2.05. The molecule has 0 aliphatic rings. The Hall–Kier alpha value is -0.330. The van der Waals surface area contributed by atoms with Crippen molar-refractivity contribution in [2.24, 2.45) is 0 Å². The summed E-state index contributed by atoms with van der Waals surface area (Å²) in [4.78, 5) is 10.1. The minimum Gasteiger partial charge on any atom is -0.466 e. The first-order valence-corrected chi connectivity index (χ1v) is 3.05. The van der Waals surface area contributed by atoms with Crippen molar-refractivity contribution in [3.8, 4) is 0 Å². The van der Waals surface area contributed by atoms with Gasteiger partial charge < -0.3 is 4.74 Å². The predicted octanol–water partition coefficient (Wildman–Crippen LogP) is 1.78. The Morgan fingerprint density at radius 1 is 1.36 bits per heavy atom. The maximum absolute atomic E-state index is 12.3. The Balaban J connectivity index is 4.59. The molecular weight excluding hydrogens is 236 g/mol. The molecule has 0 N–H and O–H groups in total. The monoisotopic (exact) mass is 238 g/mol. The van der Waals surface area contributed by atoms with Gasteiger partial charge in [-0.25, -0.2) is 9.18 Å². The first-order valence-electron chi connectivity index (χ1n) is 2.26. The van der Waals surface area contributed by atoms with Crippen LogP contribution in [0.1, 0.15) is 0 Å². The zero-order valence-corrected chi connectivity index (χ0v) is 6.79. The van der Waals surface area contributed by atoms with Crippen molar-refractivity contribution < 1.29 is 27.1 Å². The second kappa shape index (κ2) is 2.96. The largest absolute Gasteiger partial charge is 0.466 e. The van der Waals surface area contributed by atoms with Gasteiger partial charge in [0, 0.05) is 0 Å². The molecule has 1 unspecified atom stereocenters. The van der Waals surface area contributed by atoms with Crippen LogP contribution in [-0.2, 0) is 9.53 Å². The third-order valence-corrected chi connectivity index (χ3v) is 1.57. The summed E-state index contributed by atoms with van der Waals surface area (Å²) in [5.74, 6) is -2.02. The molecule has 0 aromatic rings. The molecular formula is C4H3BrF4O2. The van der Waals surface area contributed by atoms with Gasteiger partial charge in [-0.15, -0.1) is 0 Å². The summed E-state index contributed by atoms with van der Waals surface area (Å²) < 4.78 is 46.4. The van der Waals surface area contributed by atoms with Crippen LogP contribution in [0.15, 0.2) is 0 Å². The lowest BCUT2D eigenvalue weighted by Crippen LogP contribution is -2.43. The highest BCUT2D eigenvalue weighted by atomic mass is 79.9. The molecule has 66 valence electrons. The Kier molecular flexibility index (Phi) is 2.87. The average Bonchev–Trinajstić information content (AvgIpc) is 1.83. The fourth-order valence-corrected chi connectivity index (χ4v) is 0.406. The normalized spacial score (nSPS) is 17.3. The van der Waals surface area contributed by atoms with Gasteiger partial charge in [0.15, 0.2) is 0 Å². The van der Waals surface area contributed by atoms with Gasteiger partial charge in [0.25, 0.3) is 0 Å². The van der Waals surface area contributed by atoms with Gasteiger partial charge in [0.2, 0.25) is 0 Å². The van der Waals surface area contributed by atoms with E-state index in [0.717, 1.165) is 0 Å². The molecule has 7 heteroatoms. The van der Waals surface area contributed by atoms with Crippen molar-refractivity contribution in [1.29, 1.82) is 0 Å². The molecule has 0 aliphatic carbocycles. The van der Waals surface area contributed by atoms with Crippen molar-refractivity contribution in [1.82, 2.24) is 0 Å². The van der Waals surface area contributed by atoms with E-state index in [-0.39, 0.29) is 0 Å². The zero-order chi connectivity index (χ0) is 9.28. The Morgan fingerprint density at radius 3 is 1.82 bits per heavy atom. The minimum atomic E-state index is -5.31. The first kappa shape index (κ1) is 10.7. The van der Waals surface area contributed by atoms with Crippen molar-refractivity contribution in [3.63, 3.8) is 0 Å². The molecule has 0 heterocycles. The topological polar surface area (TPSA) is 26.3 Å². The Bertz CT molecular complexity index is 164. The number of rotatable bonds is 1. The number of ether oxygens (including phenoxy) is 1. The second-order valence-electron chi connectivity index (χ2n) is 1.56. The lowest BCUT2D eigenvalue weighted by atomic mass is 10.4. The quantitative estimate of drug-likeness (QED) is 0.396. The van der Waals surface area contributed by atoms with Crippen molar-refractivity contribution in [3.05, 3.63) is 0 Å². The smallest absolute Gasteiger partial charge is 0.444 e. The van der Waals surface area contributed by atoms with Crippen LogP contribution < -0.4 is 0 Å². The van der Waals surface area contributed by atoms with Crippen LogP contribution >= 0.6 is 15.9 Å². The van der Waals surface area contributed by atoms with Crippen LogP contribution in [0.5, 0.6) is 0 Å². The van der Waals surface area contributed by atoms with E-state index in [4.69, 9.17) is 0 Å². The van der Waals surface area contributed by atoms with E-state index in [1.807, 2.05) is 0 Å². The first-order chi connectivity index (χ1) is 4.73. The molecule has 0 radical (unpaired) electrons. The second-order valence-corrected chi connectivity index (χ2v) is 2.66. The van der Waals surface area contributed by atoms with E-state index in [2.05, 4.69) is 4.74 Å². The summed E-state index contributed by atoms with van der Waals surface area (Å²) in [6.45, 7) is 0. The van der Waals surface area contributed by atoms with E-state index in [1.54, 1.807) is 15.9 Å². The number of hydrogen-bond donors (Lipinski definition) is 0. The number of alkyl halides is 5. The number of carbonyl (C=O) groups excluding carboxylic acids is 1. The van der Waals surface area contributed by atoms with Crippen LogP contribution in [0.4, 0.5) is 17.6 Å². The lowest BCUT2D eigenvalue weighted by molar-refractivity contribution is -0.207. The summed E-state index contributed by atoms with van der Waals surface area (Å²) >= 11 is 1.56. The SMILES string of the molecule is COC(=O)C(F)(Br)C(F)(F)F. The van der Waals surface area contributed by atoms with E-state index >= 15 is 0 Å². The van der Waals surface area contributed by atoms with Crippen LogP contribution in [0.3, 0.4) is 0 Å². The van der Waals surface area contributed by atoms with Gasteiger partial charge in [-0.2, -0.15) is 13.2 Å². The summed E-state index contributed by atoms with van der Waals surface area (Å²) in [6.07, 6.45) is -5.31. The molecule has 0 saturated heterocycles. The van der Waals surface area contributed by atoms with Crippen molar-refractivity contribution in [2.45, 2.75) is 10.8 Å². The maximum Gasteiger partial charge on any atom is 0.444 e. The highest BCUT2D eigenvalue weighted by Gasteiger charge is 2.61. The number of carbonyl (C=O) groups is 1. The van der Waals surface area contributed by atoms with Gasteiger partial charge in [-0.05, 0) is 15.9 Å². The minimum absolute atomic E-state index is 0.656. The molecule has 0 aromatic carbocycles. The third-order valence-electron chi connectivity index (χ3n) is 0.798. The molecule has 0 aliphatic heterocycles. The Labute approximate surface area is 67.6 Å². The molecule has 0 fully saturated rings. The molecule has 0 bridgehead atoms.